The minimum Gasteiger partial charge on any atom is -0.466 e. The second-order valence-electron chi connectivity index (χ2n) is 2.68. The molecule has 0 aliphatic heterocycles. The summed E-state index contributed by atoms with van der Waals surface area (Å²) in [6.07, 6.45) is 4.66. The van der Waals surface area contributed by atoms with Crippen LogP contribution in [0.2, 0.25) is 0 Å². The Labute approximate surface area is 87.8 Å². The minimum atomic E-state index is -0.0414. The molecule has 0 radical (unpaired) electrons. The first-order chi connectivity index (χ1) is 5.31. The first-order valence-electron chi connectivity index (χ1n) is 4.46. The molecule has 0 aliphatic rings. The van der Waals surface area contributed by atoms with Gasteiger partial charge >= 0.3 is 5.97 Å². The molecule has 12 heavy (non-hydrogen) atoms. The molecule has 0 atom stereocenters. The molecule has 0 aromatic heterocycles. The third-order valence-electron chi connectivity index (χ3n) is 1.50. The van der Waals surface area contributed by atoms with Gasteiger partial charge in [-0.15, -0.1) is 0 Å². The van der Waals surface area contributed by atoms with Gasteiger partial charge in [0.2, 0.25) is 0 Å². The zero-order chi connectivity index (χ0) is 8.53. The SMILES string of the molecule is CCCCOC(=O)CCCC.[Zn]. The van der Waals surface area contributed by atoms with Gasteiger partial charge in [-0.3, -0.25) is 4.79 Å². The van der Waals surface area contributed by atoms with Crippen LogP contribution in [0.15, 0.2) is 0 Å². The molecule has 0 fully saturated rings. The largest absolute Gasteiger partial charge is 0.466 e. The molecule has 0 bridgehead atoms. The smallest absolute Gasteiger partial charge is 0.305 e. The maximum absolute atomic E-state index is 10.9. The van der Waals surface area contributed by atoms with Gasteiger partial charge in [-0.05, 0) is 12.8 Å². The number of esters is 1. The van der Waals surface area contributed by atoms with Gasteiger partial charge < -0.3 is 4.74 Å². The second kappa shape index (κ2) is 11.1. The number of carbonyl (C=O) groups is 1. The summed E-state index contributed by atoms with van der Waals surface area (Å²) in [7, 11) is 0. The van der Waals surface area contributed by atoms with Gasteiger partial charge in [0.05, 0.1) is 6.61 Å². The summed E-state index contributed by atoms with van der Waals surface area (Å²) in [5.41, 5.74) is 0. The Morgan fingerprint density at radius 2 is 1.75 bits per heavy atom. The molecule has 3 heteroatoms. The molecule has 0 amide bonds. The van der Waals surface area contributed by atoms with Crippen molar-refractivity contribution >= 4 is 5.97 Å². The first-order valence-corrected chi connectivity index (χ1v) is 4.46. The molecule has 0 heterocycles. The van der Waals surface area contributed by atoms with Crippen molar-refractivity contribution < 1.29 is 29.0 Å². The maximum Gasteiger partial charge on any atom is 0.305 e. The van der Waals surface area contributed by atoms with Gasteiger partial charge in [-0.2, -0.15) is 0 Å². The molecule has 0 saturated heterocycles. The molecule has 0 spiro atoms. The molecular weight excluding hydrogens is 205 g/mol. The Kier molecular flexibility index (Phi) is 13.5. The number of ether oxygens (including phenoxy) is 1. The molecule has 0 N–H and O–H groups in total. The van der Waals surface area contributed by atoms with Crippen molar-refractivity contribution in [3.63, 3.8) is 0 Å². The van der Waals surface area contributed by atoms with E-state index in [0.717, 1.165) is 25.7 Å². The third kappa shape index (κ3) is 10.1. The minimum absolute atomic E-state index is 0. The van der Waals surface area contributed by atoms with Gasteiger partial charge in [-0.1, -0.05) is 26.7 Å². The second-order valence-corrected chi connectivity index (χ2v) is 2.68. The summed E-state index contributed by atoms with van der Waals surface area (Å²) in [6.45, 7) is 4.75. The molecule has 0 aromatic rings. The fourth-order valence-corrected chi connectivity index (χ4v) is 0.724. The third-order valence-corrected chi connectivity index (χ3v) is 1.50. The Morgan fingerprint density at radius 3 is 2.25 bits per heavy atom. The van der Waals surface area contributed by atoms with Crippen molar-refractivity contribution in [3.8, 4) is 0 Å². The van der Waals surface area contributed by atoms with Crippen LogP contribution in [0.3, 0.4) is 0 Å². The Hall–Kier alpha value is 0.0934. The zero-order valence-electron chi connectivity index (χ0n) is 8.27. The van der Waals surface area contributed by atoms with Crippen LogP contribution in [0.1, 0.15) is 46.0 Å². The maximum atomic E-state index is 10.9. The van der Waals surface area contributed by atoms with Gasteiger partial charge in [0.1, 0.15) is 0 Å². The van der Waals surface area contributed by atoms with Crippen LogP contribution in [-0.2, 0) is 29.0 Å². The van der Waals surface area contributed by atoms with Gasteiger partial charge in [-0.25, -0.2) is 0 Å². The van der Waals surface area contributed by atoms with E-state index in [-0.39, 0.29) is 25.4 Å². The van der Waals surface area contributed by atoms with E-state index in [1.165, 1.54) is 0 Å². The molecule has 0 aliphatic carbocycles. The van der Waals surface area contributed by atoms with Crippen LogP contribution in [-0.4, -0.2) is 12.6 Å². The van der Waals surface area contributed by atoms with Crippen LogP contribution < -0.4 is 0 Å². The Bertz CT molecular complexity index is 105. The van der Waals surface area contributed by atoms with E-state index in [1.54, 1.807) is 0 Å². The number of carbonyl (C=O) groups excluding carboxylic acids is 1. The fourth-order valence-electron chi connectivity index (χ4n) is 0.724. The summed E-state index contributed by atoms with van der Waals surface area (Å²) >= 11 is 0. The average Bonchev–Trinajstić information content (AvgIpc) is 2.01. The zero-order valence-corrected chi connectivity index (χ0v) is 11.2. The van der Waals surface area contributed by atoms with Crippen molar-refractivity contribution in [1.82, 2.24) is 0 Å². The first kappa shape index (κ1) is 14.6. The molecule has 0 rings (SSSR count). The van der Waals surface area contributed by atoms with E-state index in [2.05, 4.69) is 13.8 Å². The number of rotatable bonds is 6. The van der Waals surface area contributed by atoms with Crippen LogP contribution in [0.5, 0.6) is 0 Å². The molecule has 68 valence electrons. The summed E-state index contributed by atoms with van der Waals surface area (Å²) in [4.78, 5) is 10.9. The van der Waals surface area contributed by atoms with E-state index in [1.807, 2.05) is 0 Å². The topological polar surface area (TPSA) is 26.3 Å². The standard InChI is InChI=1S/C9H18O2.Zn/c1-3-5-7-9(10)11-8-6-4-2;/h3-8H2,1-2H3;. The van der Waals surface area contributed by atoms with Gasteiger partial charge in [0, 0.05) is 25.9 Å². The quantitative estimate of drug-likeness (QED) is 0.393. The summed E-state index contributed by atoms with van der Waals surface area (Å²) in [5, 5.41) is 0. The van der Waals surface area contributed by atoms with Crippen molar-refractivity contribution in [2.45, 2.75) is 46.0 Å². The molecule has 0 aromatic carbocycles. The van der Waals surface area contributed by atoms with E-state index in [0.29, 0.717) is 13.0 Å². The van der Waals surface area contributed by atoms with Gasteiger partial charge in [0.25, 0.3) is 0 Å². The summed E-state index contributed by atoms with van der Waals surface area (Å²) in [6, 6.07) is 0. The summed E-state index contributed by atoms with van der Waals surface area (Å²) < 4.78 is 4.95. The number of unbranched alkanes of at least 4 members (excludes halogenated alkanes) is 2. The van der Waals surface area contributed by atoms with Crippen LogP contribution in [0.4, 0.5) is 0 Å². The predicted octanol–water partition coefficient (Wildman–Crippen LogP) is 2.52. The monoisotopic (exact) mass is 222 g/mol. The van der Waals surface area contributed by atoms with E-state index < -0.39 is 0 Å². The van der Waals surface area contributed by atoms with Crippen LogP contribution in [0.25, 0.3) is 0 Å². The predicted molar refractivity (Wildman–Crippen MR) is 45.4 cm³/mol. The molecular formula is C9H18O2Zn. The Balaban J connectivity index is 0. The van der Waals surface area contributed by atoms with Crippen molar-refractivity contribution in [3.05, 3.63) is 0 Å². The fraction of sp³-hybridized carbons (Fsp3) is 0.889. The van der Waals surface area contributed by atoms with Gasteiger partial charge in [0.15, 0.2) is 0 Å². The van der Waals surface area contributed by atoms with Crippen molar-refractivity contribution in [1.29, 1.82) is 0 Å². The normalized spacial score (nSPS) is 8.83. The van der Waals surface area contributed by atoms with Crippen molar-refractivity contribution in [2.24, 2.45) is 0 Å². The number of hydrogen-bond acceptors (Lipinski definition) is 2. The Morgan fingerprint density at radius 1 is 1.17 bits per heavy atom. The molecule has 0 unspecified atom stereocenters. The molecule has 0 saturated carbocycles. The van der Waals surface area contributed by atoms with E-state index in [4.69, 9.17) is 4.74 Å². The van der Waals surface area contributed by atoms with Crippen LogP contribution in [0, 0.1) is 0 Å². The van der Waals surface area contributed by atoms with E-state index >= 15 is 0 Å². The van der Waals surface area contributed by atoms with Crippen LogP contribution >= 0.6 is 0 Å². The molecule has 2 nitrogen and oxygen atoms in total. The number of hydrogen-bond donors (Lipinski definition) is 0. The summed E-state index contributed by atoms with van der Waals surface area (Å²) in [5.74, 6) is -0.0414. The van der Waals surface area contributed by atoms with E-state index in [9.17, 15) is 4.79 Å². The average molecular weight is 224 g/mol. The van der Waals surface area contributed by atoms with Crippen molar-refractivity contribution in [2.75, 3.05) is 6.61 Å².